The molecule has 172 valence electrons. The summed E-state index contributed by atoms with van der Waals surface area (Å²) in [5.74, 6) is -0.116. The van der Waals surface area contributed by atoms with E-state index in [-0.39, 0.29) is 22.3 Å². The number of aromatic nitrogens is 4. The summed E-state index contributed by atoms with van der Waals surface area (Å²) < 4.78 is 58.0. The number of rotatable bonds is 3. The van der Waals surface area contributed by atoms with Crippen LogP contribution in [0, 0.1) is 18.6 Å². The van der Waals surface area contributed by atoms with Gasteiger partial charge in [-0.3, -0.25) is 4.57 Å². The van der Waals surface area contributed by atoms with Crippen molar-refractivity contribution in [2.75, 3.05) is 11.6 Å². The van der Waals surface area contributed by atoms with Gasteiger partial charge in [0.1, 0.15) is 17.3 Å². The van der Waals surface area contributed by atoms with E-state index in [0.29, 0.717) is 29.1 Å². The van der Waals surface area contributed by atoms with Crippen LogP contribution in [0.4, 0.5) is 14.5 Å². The Kier molecular flexibility index (Phi) is 4.49. The maximum atomic E-state index is 16.3. The predicted octanol–water partition coefficient (Wildman–Crippen LogP) is 4.51. The molecule has 3 heterocycles. The highest BCUT2D eigenvalue weighted by Gasteiger charge is 2.37. The molecule has 0 spiro atoms. The highest BCUT2D eigenvalue weighted by atomic mass is 32.2. The Hall–Kier alpha value is -3.27. The number of benzene rings is 2. The van der Waals surface area contributed by atoms with Crippen LogP contribution in [0.3, 0.4) is 0 Å². The summed E-state index contributed by atoms with van der Waals surface area (Å²) in [7, 11) is -3.66. The van der Waals surface area contributed by atoms with Crippen LogP contribution in [0.15, 0.2) is 30.5 Å². The second-order valence-electron chi connectivity index (χ2n) is 8.89. The van der Waals surface area contributed by atoms with Gasteiger partial charge in [0.2, 0.25) is 10.0 Å². The molecule has 0 fully saturated rings. The molecule has 2 aromatic carbocycles. The van der Waals surface area contributed by atoms with E-state index in [1.807, 2.05) is 20.8 Å². The standard InChI is InChI=1S/C23H23F2N5O2S/c1-6-13-9-17(16-10-14(24)11-18-15(16)7-8-29(18)33(5,31)32)19(25)21-20(13)26-23(3,4)22-28-27-12(2)30(21)22/h7-11,26H,6H2,1-5H3. The Morgan fingerprint density at radius 1 is 1.12 bits per heavy atom. The first-order chi connectivity index (χ1) is 15.4. The van der Waals surface area contributed by atoms with E-state index in [9.17, 15) is 12.8 Å². The van der Waals surface area contributed by atoms with Crippen molar-refractivity contribution in [1.82, 2.24) is 18.7 Å². The summed E-state index contributed by atoms with van der Waals surface area (Å²) in [5.41, 5.74) is 1.80. The molecular weight excluding hydrogens is 448 g/mol. The van der Waals surface area contributed by atoms with Crippen LogP contribution in [0.2, 0.25) is 0 Å². The van der Waals surface area contributed by atoms with E-state index in [1.165, 1.54) is 12.3 Å². The number of aryl methyl sites for hydroxylation is 2. The lowest BCUT2D eigenvalue weighted by atomic mass is 9.92. The molecule has 1 aliphatic heterocycles. The molecule has 5 rings (SSSR count). The van der Waals surface area contributed by atoms with E-state index in [2.05, 4.69) is 15.5 Å². The summed E-state index contributed by atoms with van der Waals surface area (Å²) in [4.78, 5) is 0. The van der Waals surface area contributed by atoms with Crippen LogP contribution in [-0.4, -0.2) is 33.4 Å². The molecule has 0 saturated carbocycles. The van der Waals surface area contributed by atoms with Gasteiger partial charge in [0.15, 0.2) is 11.6 Å². The maximum Gasteiger partial charge on any atom is 0.236 e. The Morgan fingerprint density at radius 3 is 2.52 bits per heavy atom. The molecule has 0 saturated heterocycles. The molecule has 4 aromatic rings. The van der Waals surface area contributed by atoms with E-state index in [1.54, 1.807) is 23.6 Å². The molecule has 0 radical (unpaired) electrons. The Labute approximate surface area is 190 Å². The van der Waals surface area contributed by atoms with Crippen LogP contribution in [0.1, 0.15) is 38.0 Å². The fourth-order valence-electron chi connectivity index (χ4n) is 4.62. The van der Waals surface area contributed by atoms with E-state index < -0.39 is 27.2 Å². The number of nitrogens with zero attached hydrogens (tertiary/aromatic N) is 4. The number of halogens is 2. The first kappa shape index (κ1) is 21.6. The minimum atomic E-state index is -3.66. The average molecular weight is 472 g/mol. The summed E-state index contributed by atoms with van der Waals surface area (Å²) in [6.45, 7) is 7.62. The van der Waals surface area contributed by atoms with Crippen molar-refractivity contribution in [3.8, 4) is 16.8 Å². The average Bonchev–Trinajstić information content (AvgIpc) is 3.32. The molecule has 0 bridgehead atoms. The number of hydrogen-bond acceptors (Lipinski definition) is 5. The van der Waals surface area contributed by atoms with Crippen molar-refractivity contribution in [2.24, 2.45) is 0 Å². The predicted molar refractivity (Wildman–Crippen MR) is 123 cm³/mol. The van der Waals surface area contributed by atoms with Crippen molar-refractivity contribution in [1.29, 1.82) is 0 Å². The van der Waals surface area contributed by atoms with Crippen LogP contribution < -0.4 is 5.32 Å². The number of anilines is 1. The molecule has 10 heteroatoms. The zero-order valence-electron chi connectivity index (χ0n) is 18.9. The lowest BCUT2D eigenvalue weighted by Gasteiger charge is -2.35. The van der Waals surface area contributed by atoms with Gasteiger partial charge in [-0.05, 0) is 62.6 Å². The number of hydrogen-bond donors (Lipinski definition) is 1. The summed E-state index contributed by atoms with van der Waals surface area (Å²) in [6, 6.07) is 5.64. The van der Waals surface area contributed by atoms with Gasteiger partial charge in [0.05, 0.1) is 23.0 Å². The first-order valence-electron chi connectivity index (χ1n) is 10.5. The SMILES string of the molecule is CCc1cc(-c2cc(F)cc3c2ccn3S(C)(=O)=O)c(F)c2c1NC(C)(C)c1nnc(C)n1-2. The maximum absolute atomic E-state index is 16.3. The van der Waals surface area contributed by atoms with Crippen molar-refractivity contribution in [3.05, 3.63) is 59.3 Å². The third kappa shape index (κ3) is 3.07. The monoisotopic (exact) mass is 471 g/mol. The van der Waals surface area contributed by atoms with Crippen molar-refractivity contribution in [2.45, 2.75) is 39.7 Å². The minimum Gasteiger partial charge on any atom is -0.371 e. The van der Waals surface area contributed by atoms with Gasteiger partial charge in [0, 0.05) is 17.1 Å². The van der Waals surface area contributed by atoms with Crippen molar-refractivity contribution in [3.63, 3.8) is 0 Å². The molecule has 1 aliphatic rings. The topological polar surface area (TPSA) is 81.8 Å². The normalized spacial score (nSPS) is 14.8. The van der Waals surface area contributed by atoms with Crippen LogP contribution >= 0.6 is 0 Å². The molecular formula is C23H23F2N5O2S. The van der Waals surface area contributed by atoms with Gasteiger partial charge in [-0.2, -0.15) is 0 Å². The Morgan fingerprint density at radius 2 is 1.85 bits per heavy atom. The molecule has 0 aliphatic carbocycles. The fraction of sp³-hybridized carbons (Fsp3) is 0.304. The van der Waals surface area contributed by atoms with Crippen molar-refractivity contribution < 1.29 is 17.2 Å². The number of nitrogens with one attached hydrogen (secondary N) is 1. The highest BCUT2D eigenvalue weighted by molar-refractivity contribution is 7.89. The van der Waals surface area contributed by atoms with E-state index >= 15 is 4.39 Å². The Balaban J connectivity index is 1.88. The van der Waals surface area contributed by atoms with Crippen molar-refractivity contribution >= 4 is 26.6 Å². The fourth-order valence-corrected chi connectivity index (χ4v) is 5.41. The van der Waals surface area contributed by atoms with E-state index in [0.717, 1.165) is 21.9 Å². The third-order valence-electron chi connectivity index (χ3n) is 6.13. The lowest BCUT2D eigenvalue weighted by molar-refractivity contribution is 0.521. The third-order valence-corrected chi connectivity index (χ3v) is 7.16. The lowest BCUT2D eigenvalue weighted by Crippen LogP contribution is -2.37. The Bertz CT molecular complexity index is 1570. The van der Waals surface area contributed by atoms with Gasteiger partial charge in [-0.25, -0.2) is 21.2 Å². The summed E-state index contributed by atoms with van der Waals surface area (Å²) in [5, 5.41) is 12.3. The van der Waals surface area contributed by atoms with E-state index in [4.69, 9.17) is 0 Å². The van der Waals surface area contributed by atoms with Gasteiger partial charge in [-0.15, -0.1) is 10.2 Å². The van der Waals surface area contributed by atoms with Crippen LogP contribution in [-0.2, 0) is 22.0 Å². The summed E-state index contributed by atoms with van der Waals surface area (Å²) >= 11 is 0. The van der Waals surface area contributed by atoms with Gasteiger partial charge >= 0.3 is 0 Å². The van der Waals surface area contributed by atoms with Crippen LogP contribution in [0.5, 0.6) is 0 Å². The molecule has 7 nitrogen and oxygen atoms in total. The molecule has 33 heavy (non-hydrogen) atoms. The van der Waals surface area contributed by atoms with Gasteiger partial charge < -0.3 is 5.32 Å². The molecule has 0 atom stereocenters. The molecule has 0 amide bonds. The quantitative estimate of drug-likeness (QED) is 0.476. The van der Waals surface area contributed by atoms with Gasteiger partial charge in [0.25, 0.3) is 0 Å². The largest absolute Gasteiger partial charge is 0.371 e. The molecule has 2 aromatic heterocycles. The number of fused-ring (bicyclic) bond motifs is 4. The molecule has 1 N–H and O–H groups in total. The second kappa shape index (κ2) is 6.86. The first-order valence-corrected chi connectivity index (χ1v) is 12.4. The molecule has 0 unspecified atom stereocenters. The zero-order valence-corrected chi connectivity index (χ0v) is 19.7. The zero-order chi connectivity index (χ0) is 23.9. The minimum absolute atomic E-state index is 0.156. The van der Waals surface area contributed by atoms with Gasteiger partial charge in [-0.1, -0.05) is 6.92 Å². The second-order valence-corrected chi connectivity index (χ2v) is 10.8. The van der Waals surface area contributed by atoms with Crippen LogP contribution in [0.25, 0.3) is 27.7 Å². The summed E-state index contributed by atoms with van der Waals surface area (Å²) in [6.07, 6.45) is 2.99. The smallest absolute Gasteiger partial charge is 0.236 e. The highest BCUT2D eigenvalue weighted by Crippen LogP contribution is 2.44.